The third kappa shape index (κ3) is 3.80. The number of nitrogens with zero attached hydrogens (tertiary/aromatic N) is 1. The minimum absolute atomic E-state index is 0.315. The van der Waals surface area contributed by atoms with E-state index in [2.05, 4.69) is 24.1 Å². The quantitative estimate of drug-likeness (QED) is 0.607. The smallest absolute Gasteiger partial charge is 0.304 e. The first kappa shape index (κ1) is 18.2. The van der Waals surface area contributed by atoms with E-state index in [1.807, 2.05) is 42.6 Å². The second-order valence-electron chi connectivity index (χ2n) is 6.34. The number of nitrogens with one attached hydrogen (secondary N) is 1. The average molecular weight is 370 g/mol. The molecule has 26 heavy (non-hydrogen) atoms. The van der Waals surface area contributed by atoms with Gasteiger partial charge in [0.2, 0.25) is 5.60 Å². The highest BCUT2D eigenvalue weighted by molar-refractivity contribution is 7.15. The maximum absolute atomic E-state index is 11.9. The largest absolute Gasteiger partial charge is 0.465 e. The number of thiazole rings is 1. The third-order valence-electron chi connectivity index (χ3n) is 4.06. The molecule has 1 unspecified atom stereocenters. The number of ether oxygens (including phenoxy) is 1. The molecule has 0 saturated heterocycles. The van der Waals surface area contributed by atoms with Crippen molar-refractivity contribution in [2.45, 2.75) is 32.3 Å². The van der Waals surface area contributed by atoms with Gasteiger partial charge in [0, 0.05) is 23.6 Å². The van der Waals surface area contributed by atoms with E-state index in [0.717, 1.165) is 10.7 Å². The molecule has 2 aromatic heterocycles. The number of esters is 1. The lowest BCUT2D eigenvalue weighted by Crippen LogP contribution is -2.39. The number of carbonyl (C=O) groups excluding carboxylic acids is 1. The topological polar surface area (TPSA) is 64.4 Å². The van der Waals surface area contributed by atoms with Crippen LogP contribution in [0.15, 0.2) is 59.3 Å². The Bertz CT molecular complexity index is 843. The van der Waals surface area contributed by atoms with Gasteiger partial charge in [-0.15, -0.1) is 11.3 Å². The predicted molar refractivity (Wildman–Crippen MR) is 102 cm³/mol. The molecule has 0 radical (unpaired) electrons. The van der Waals surface area contributed by atoms with Crippen molar-refractivity contribution in [2.24, 2.45) is 0 Å². The van der Waals surface area contributed by atoms with Crippen LogP contribution >= 0.6 is 11.3 Å². The maximum Gasteiger partial charge on any atom is 0.304 e. The number of hydrogen-bond acceptors (Lipinski definition) is 6. The zero-order valence-electron chi connectivity index (χ0n) is 15.1. The van der Waals surface area contributed by atoms with Gasteiger partial charge in [-0.3, -0.25) is 4.79 Å². The van der Waals surface area contributed by atoms with Crippen LogP contribution in [-0.2, 0) is 15.1 Å². The molecule has 2 heterocycles. The first-order chi connectivity index (χ1) is 12.5. The van der Waals surface area contributed by atoms with Gasteiger partial charge in [-0.05, 0) is 18.1 Å². The molecule has 1 atom stereocenters. The molecule has 0 aliphatic rings. The lowest BCUT2D eigenvalue weighted by atomic mass is 9.90. The fraction of sp³-hybridized carbons (Fsp3) is 0.300. The van der Waals surface area contributed by atoms with Crippen LogP contribution in [0.4, 0.5) is 5.13 Å². The van der Waals surface area contributed by atoms with Crippen LogP contribution in [0, 0.1) is 0 Å². The molecule has 0 fully saturated rings. The summed E-state index contributed by atoms with van der Waals surface area (Å²) in [5.41, 5.74) is -0.237. The first-order valence-electron chi connectivity index (χ1n) is 8.50. The Kier molecular flexibility index (Phi) is 5.42. The second kappa shape index (κ2) is 7.74. The van der Waals surface area contributed by atoms with E-state index >= 15 is 0 Å². The van der Waals surface area contributed by atoms with E-state index in [1.165, 1.54) is 11.8 Å². The predicted octanol–water partition coefficient (Wildman–Crippen LogP) is 4.78. The summed E-state index contributed by atoms with van der Waals surface area (Å²) in [5, 5.41) is 4.11. The monoisotopic (exact) mass is 370 g/mol. The van der Waals surface area contributed by atoms with Crippen molar-refractivity contribution in [3.8, 4) is 0 Å². The Morgan fingerprint density at radius 3 is 2.62 bits per heavy atom. The molecule has 3 aromatic rings. The van der Waals surface area contributed by atoms with Crippen LogP contribution in [0.1, 0.15) is 42.9 Å². The maximum atomic E-state index is 11.9. The van der Waals surface area contributed by atoms with Crippen molar-refractivity contribution in [3.05, 3.63) is 71.1 Å². The fourth-order valence-electron chi connectivity index (χ4n) is 2.77. The van der Waals surface area contributed by atoms with Crippen molar-refractivity contribution in [1.29, 1.82) is 0 Å². The number of benzene rings is 1. The van der Waals surface area contributed by atoms with Gasteiger partial charge in [0.25, 0.3) is 0 Å². The summed E-state index contributed by atoms with van der Waals surface area (Å²) >= 11 is 1.60. The lowest BCUT2D eigenvalue weighted by molar-refractivity contribution is -0.154. The van der Waals surface area contributed by atoms with Crippen molar-refractivity contribution in [1.82, 2.24) is 4.98 Å². The Morgan fingerprint density at radius 1 is 1.27 bits per heavy atom. The minimum Gasteiger partial charge on any atom is -0.465 e. The van der Waals surface area contributed by atoms with E-state index < -0.39 is 5.60 Å². The zero-order valence-corrected chi connectivity index (χ0v) is 15.9. The molecule has 0 bridgehead atoms. The van der Waals surface area contributed by atoms with Gasteiger partial charge in [-0.25, -0.2) is 4.98 Å². The molecule has 1 N–H and O–H groups in total. The van der Waals surface area contributed by atoms with Gasteiger partial charge in [-0.2, -0.15) is 0 Å². The van der Waals surface area contributed by atoms with Crippen LogP contribution in [-0.4, -0.2) is 17.5 Å². The summed E-state index contributed by atoms with van der Waals surface area (Å²) in [7, 11) is 0. The van der Waals surface area contributed by atoms with E-state index in [4.69, 9.17) is 9.15 Å². The molecule has 136 valence electrons. The summed E-state index contributed by atoms with van der Waals surface area (Å²) in [5.74, 6) is 0.599. The van der Waals surface area contributed by atoms with Crippen LogP contribution in [0.3, 0.4) is 0 Å². The summed E-state index contributed by atoms with van der Waals surface area (Å²) in [6.45, 7) is 5.98. The van der Waals surface area contributed by atoms with Crippen LogP contribution in [0.5, 0.6) is 0 Å². The highest BCUT2D eigenvalue weighted by Gasteiger charge is 2.40. The van der Waals surface area contributed by atoms with Crippen molar-refractivity contribution < 1.29 is 13.9 Å². The number of carbonyl (C=O) groups is 1. The van der Waals surface area contributed by atoms with E-state index in [0.29, 0.717) is 18.2 Å². The van der Waals surface area contributed by atoms with E-state index in [9.17, 15) is 4.79 Å². The molecule has 5 nitrogen and oxygen atoms in total. The summed E-state index contributed by atoms with van der Waals surface area (Å²) in [6, 6.07) is 13.2. The molecule has 0 saturated carbocycles. The van der Waals surface area contributed by atoms with Crippen molar-refractivity contribution in [3.63, 3.8) is 0 Å². The number of rotatable bonds is 7. The number of aromatic nitrogens is 1. The highest BCUT2D eigenvalue weighted by atomic mass is 32.1. The van der Waals surface area contributed by atoms with Gasteiger partial charge in [0.1, 0.15) is 0 Å². The average Bonchev–Trinajstić information content (AvgIpc) is 3.31. The minimum atomic E-state index is -1.07. The Hall–Kier alpha value is -2.60. The van der Waals surface area contributed by atoms with Gasteiger partial charge >= 0.3 is 5.97 Å². The fourth-order valence-corrected chi connectivity index (χ4v) is 3.59. The molecule has 3 rings (SSSR count). The van der Waals surface area contributed by atoms with Crippen LogP contribution in [0.2, 0.25) is 0 Å². The molecular weight excluding hydrogens is 348 g/mol. The molecule has 0 aliphatic heterocycles. The third-order valence-corrected chi connectivity index (χ3v) is 5.31. The van der Waals surface area contributed by atoms with E-state index in [-0.39, 0.29) is 5.97 Å². The number of hydrogen-bond donors (Lipinski definition) is 1. The van der Waals surface area contributed by atoms with Crippen molar-refractivity contribution >= 4 is 22.4 Å². The first-order valence-corrected chi connectivity index (χ1v) is 9.31. The van der Waals surface area contributed by atoms with Gasteiger partial charge in [0.05, 0.1) is 12.8 Å². The zero-order chi connectivity index (χ0) is 18.6. The number of anilines is 1. The summed E-state index contributed by atoms with van der Waals surface area (Å²) < 4.78 is 11.5. The van der Waals surface area contributed by atoms with Crippen molar-refractivity contribution in [2.75, 3.05) is 11.9 Å². The molecular formula is C20H22N2O3S. The lowest BCUT2D eigenvalue weighted by Gasteiger charge is -2.32. The Balaban J connectivity index is 1.97. The van der Waals surface area contributed by atoms with Crippen LogP contribution in [0.25, 0.3) is 0 Å². The SMILES string of the molecule is CC(=O)OC(CNc1ncc(C(C)C)s1)(c1ccccc1)c1ccco1. The highest BCUT2D eigenvalue weighted by Crippen LogP contribution is 2.35. The molecule has 6 heteroatoms. The van der Waals surface area contributed by atoms with Gasteiger partial charge in [-0.1, -0.05) is 44.2 Å². The molecule has 1 aromatic carbocycles. The summed E-state index contributed by atoms with van der Waals surface area (Å²) in [6.07, 6.45) is 3.46. The van der Waals surface area contributed by atoms with Gasteiger partial charge < -0.3 is 14.5 Å². The molecule has 0 amide bonds. The van der Waals surface area contributed by atoms with Crippen LogP contribution < -0.4 is 5.32 Å². The standard InChI is InChI=1S/C20H22N2O3S/c1-14(2)17-12-21-19(26-17)22-13-20(25-15(3)23,18-10-7-11-24-18)16-8-5-4-6-9-16/h4-12,14H,13H2,1-3H3,(H,21,22). The number of furan rings is 1. The molecule has 0 aliphatic carbocycles. The second-order valence-corrected chi connectivity index (χ2v) is 7.40. The Labute approximate surface area is 157 Å². The summed E-state index contributed by atoms with van der Waals surface area (Å²) in [4.78, 5) is 17.6. The van der Waals surface area contributed by atoms with Gasteiger partial charge in [0.15, 0.2) is 10.9 Å². The molecule has 0 spiro atoms. The van der Waals surface area contributed by atoms with E-state index in [1.54, 1.807) is 23.7 Å². The normalized spacial score (nSPS) is 13.4. The Morgan fingerprint density at radius 2 is 2.04 bits per heavy atom.